The van der Waals surface area contributed by atoms with Crippen molar-refractivity contribution in [2.45, 2.75) is 30.5 Å². The van der Waals surface area contributed by atoms with Crippen LogP contribution < -0.4 is 5.32 Å². The van der Waals surface area contributed by atoms with Crippen LogP contribution in [0, 0.1) is 0 Å². The van der Waals surface area contributed by atoms with Crippen LogP contribution in [0.3, 0.4) is 0 Å². The maximum atomic E-state index is 12.3. The predicted molar refractivity (Wildman–Crippen MR) is 87.9 cm³/mol. The van der Waals surface area contributed by atoms with E-state index in [9.17, 15) is 9.90 Å². The molecule has 0 aliphatic carbocycles. The Morgan fingerprint density at radius 2 is 1.52 bits per heavy atom. The number of carbonyl (C=O) groups excluding carboxylic acids is 1. The van der Waals surface area contributed by atoms with E-state index in [1.807, 2.05) is 65.6 Å². The van der Waals surface area contributed by atoms with E-state index < -0.39 is 5.60 Å². The molecule has 2 heterocycles. The summed E-state index contributed by atoms with van der Waals surface area (Å²) < 4.78 is 0. The molecule has 2 aliphatic rings. The fraction of sp³-hybridized carbons (Fsp3) is 0.316. The Kier molecular flexibility index (Phi) is 3.34. The van der Waals surface area contributed by atoms with Gasteiger partial charge in [-0.3, -0.25) is 0 Å². The zero-order valence-electron chi connectivity index (χ0n) is 12.9. The molecule has 2 aromatic carbocycles. The van der Waals surface area contributed by atoms with Gasteiger partial charge in [0.1, 0.15) is 5.60 Å². The Morgan fingerprint density at radius 3 is 2.09 bits per heavy atom. The minimum absolute atomic E-state index is 0.0669. The monoisotopic (exact) mass is 308 g/mol. The number of urea groups is 1. The summed E-state index contributed by atoms with van der Waals surface area (Å²) in [5, 5.41) is 14.7. The van der Waals surface area contributed by atoms with Crippen LogP contribution in [-0.4, -0.2) is 34.7 Å². The molecular weight excluding hydrogens is 288 g/mol. The predicted octanol–water partition coefficient (Wildman–Crippen LogP) is 2.48. The first-order chi connectivity index (χ1) is 11.2. The van der Waals surface area contributed by atoms with Gasteiger partial charge in [0.15, 0.2) is 0 Å². The van der Waals surface area contributed by atoms with Crippen molar-refractivity contribution in [2.24, 2.45) is 0 Å². The van der Waals surface area contributed by atoms with Crippen molar-refractivity contribution in [3.05, 3.63) is 71.8 Å². The number of hydrogen-bond acceptors (Lipinski definition) is 2. The van der Waals surface area contributed by atoms with E-state index in [0.717, 1.165) is 24.0 Å². The van der Waals surface area contributed by atoms with Crippen LogP contribution >= 0.6 is 0 Å². The molecule has 0 radical (unpaired) electrons. The Balaban J connectivity index is 1.85. The summed E-state index contributed by atoms with van der Waals surface area (Å²) in [5.74, 6) is 0. The van der Waals surface area contributed by atoms with Crippen molar-refractivity contribution in [1.82, 2.24) is 10.2 Å². The van der Waals surface area contributed by atoms with Gasteiger partial charge in [0.2, 0.25) is 0 Å². The summed E-state index contributed by atoms with van der Waals surface area (Å²) in [6.07, 6.45) is 1.73. The van der Waals surface area contributed by atoms with Crippen molar-refractivity contribution < 1.29 is 9.90 Å². The van der Waals surface area contributed by atoms with E-state index in [4.69, 9.17) is 0 Å². The summed E-state index contributed by atoms with van der Waals surface area (Å²) in [6, 6.07) is 19.2. The third-order valence-corrected chi connectivity index (χ3v) is 5.14. The summed E-state index contributed by atoms with van der Waals surface area (Å²) in [7, 11) is 0. The third kappa shape index (κ3) is 2.13. The van der Waals surface area contributed by atoms with Crippen LogP contribution in [0.15, 0.2) is 60.7 Å². The number of hydrogen-bond donors (Lipinski definition) is 2. The summed E-state index contributed by atoms with van der Waals surface area (Å²) >= 11 is 0. The normalized spacial score (nSPS) is 23.7. The second kappa shape index (κ2) is 5.39. The first-order valence-electron chi connectivity index (χ1n) is 8.11. The van der Waals surface area contributed by atoms with Crippen molar-refractivity contribution in [3.8, 4) is 0 Å². The molecule has 4 rings (SSSR count). The van der Waals surface area contributed by atoms with E-state index in [2.05, 4.69) is 5.32 Å². The van der Waals surface area contributed by atoms with Gasteiger partial charge in [-0.05, 0) is 24.0 Å². The molecular formula is C19H20N2O2. The lowest BCUT2D eigenvalue weighted by Crippen LogP contribution is -2.51. The summed E-state index contributed by atoms with van der Waals surface area (Å²) in [5.41, 5.74) is 0.465. The zero-order chi connectivity index (χ0) is 15.9. The van der Waals surface area contributed by atoms with Crippen LogP contribution in [0.2, 0.25) is 0 Å². The highest BCUT2D eigenvalue weighted by atomic mass is 16.3. The van der Waals surface area contributed by atoms with E-state index in [1.165, 1.54) is 0 Å². The molecule has 2 aromatic rings. The maximum Gasteiger partial charge on any atom is 0.318 e. The average molecular weight is 308 g/mol. The van der Waals surface area contributed by atoms with E-state index >= 15 is 0 Å². The molecule has 23 heavy (non-hydrogen) atoms. The standard InChI is InChI=1S/C19H20N2O2/c22-18-20-13-16-11-12-17(21(16)18)19(23,14-7-3-1-4-8-14)15-9-5-2-6-10-15/h1-10,16-17,23H,11-13H2,(H,20,22). The molecule has 4 heteroatoms. The van der Waals surface area contributed by atoms with Gasteiger partial charge < -0.3 is 15.3 Å². The number of benzene rings is 2. The summed E-state index contributed by atoms with van der Waals surface area (Å²) in [4.78, 5) is 14.1. The fourth-order valence-corrected chi connectivity index (χ4v) is 4.03. The molecule has 2 fully saturated rings. The minimum Gasteiger partial charge on any atom is -0.378 e. The lowest BCUT2D eigenvalue weighted by Gasteiger charge is -2.39. The van der Waals surface area contributed by atoms with Gasteiger partial charge in [0, 0.05) is 6.54 Å². The largest absolute Gasteiger partial charge is 0.378 e. The van der Waals surface area contributed by atoms with Crippen molar-refractivity contribution in [3.63, 3.8) is 0 Å². The fourth-order valence-electron chi connectivity index (χ4n) is 4.03. The van der Waals surface area contributed by atoms with E-state index in [0.29, 0.717) is 6.54 Å². The van der Waals surface area contributed by atoms with E-state index in [-0.39, 0.29) is 18.1 Å². The number of nitrogens with zero attached hydrogens (tertiary/aromatic N) is 1. The first-order valence-corrected chi connectivity index (χ1v) is 8.11. The van der Waals surface area contributed by atoms with Gasteiger partial charge in [-0.25, -0.2) is 4.79 Å². The molecule has 4 nitrogen and oxygen atoms in total. The number of carbonyl (C=O) groups is 1. The molecule has 2 aliphatic heterocycles. The lowest BCUT2D eigenvalue weighted by molar-refractivity contribution is 0.00735. The SMILES string of the molecule is O=C1NCC2CCC(C(O)(c3ccccc3)c3ccccc3)N12. The smallest absolute Gasteiger partial charge is 0.318 e. The van der Waals surface area contributed by atoms with Crippen LogP contribution in [0.1, 0.15) is 24.0 Å². The minimum atomic E-state index is -1.20. The highest BCUT2D eigenvalue weighted by Gasteiger charge is 2.52. The van der Waals surface area contributed by atoms with Crippen molar-refractivity contribution in [1.29, 1.82) is 0 Å². The number of rotatable bonds is 3. The van der Waals surface area contributed by atoms with Crippen LogP contribution in [0.25, 0.3) is 0 Å². The Bertz CT molecular complexity index is 662. The maximum absolute atomic E-state index is 12.3. The average Bonchev–Trinajstić information content (AvgIpc) is 3.19. The van der Waals surface area contributed by atoms with Gasteiger partial charge in [-0.15, -0.1) is 0 Å². The van der Waals surface area contributed by atoms with Gasteiger partial charge in [-0.2, -0.15) is 0 Å². The first kappa shape index (κ1) is 14.3. The number of aliphatic hydroxyl groups is 1. The van der Waals surface area contributed by atoms with Crippen LogP contribution in [-0.2, 0) is 5.60 Å². The van der Waals surface area contributed by atoms with Gasteiger partial charge in [-0.1, -0.05) is 60.7 Å². The number of fused-ring (bicyclic) bond motifs is 1. The van der Waals surface area contributed by atoms with Crippen LogP contribution in [0.4, 0.5) is 4.79 Å². The molecule has 0 bridgehead atoms. The topological polar surface area (TPSA) is 52.6 Å². The molecule has 118 valence electrons. The Hall–Kier alpha value is -2.33. The second-order valence-corrected chi connectivity index (χ2v) is 6.34. The summed E-state index contributed by atoms with van der Waals surface area (Å²) in [6.45, 7) is 0.676. The third-order valence-electron chi connectivity index (χ3n) is 5.14. The molecule has 0 saturated carbocycles. The number of nitrogens with one attached hydrogen (secondary N) is 1. The molecule has 2 unspecified atom stereocenters. The van der Waals surface area contributed by atoms with Gasteiger partial charge in [0.25, 0.3) is 0 Å². The number of amides is 2. The molecule has 0 spiro atoms. The Morgan fingerprint density at radius 1 is 0.957 bits per heavy atom. The second-order valence-electron chi connectivity index (χ2n) is 6.34. The van der Waals surface area contributed by atoms with Crippen molar-refractivity contribution >= 4 is 6.03 Å². The molecule has 2 atom stereocenters. The quantitative estimate of drug-likeness (QED) is 0.915. The molecule has 2 saturated heterocycles. The van der Waals surface area contributed by atoms with E-state index in [1.54, 1.807) is 0 Å². The van der Waals surface area contributed by atoms with Gasteiger partial charge in [0.05, 0.1) is 12.1 Å². The highest BCUT2D eigenvalue weighted by Crippen LogP contribution is 2.43. The highest BCUT2D eigenvalue weighted by molar-refractivity contribution is 5.78. The van der Waals surface area contributed by atoms with Crippen molar-refractivity contribution in [2.75, 3.05) is 6.54 Å². The molecule has 0 aromatic heterocycles. The zero-order valence-corrected chi connectivity index (χ0v) is 12.9. The van der Waals surface area contributed by atoms with Crippen LogP contribution in [0.5, 0.6) is 0 Å². The molecule has 2 amide bonds. The Labute approximate surface area is 135 Å². The lowest BCUT2D eigenvalue weighted by atomic mass is 9.79. The van der Waals surface area contributed by atoms with Gasteiger partial charge >= 0.3 is 6.03 Å². The molecule has 2 N–H and O–H groups in total.